The fourth-order valence-electron chi connectivity index (χ4n) is 2.17. The minimum Gasteiger partial charge on any atom is -0.391 e. The highest BCUT2D eigenvalue weighted by Crippen LogP contribution is 2.27. The summed E-state index contributed by atoms with van der Waals surface area (Å²) in [5.41, 5.74) is 0. The van der Waals surface area contributed by atoms with Crippen molar-refractivity contribution in [1.82, 2.24) is 4.90 Å². The van der Waals surface area contributed by atoms with Crippen LogP contribution in [0.2, 0.25) is 0 Å². The quantitative estimate of drug-likeness (QED) is 0.838. The van der Waals surface area contributed by atoms with Gasteiger partial charge in [0.2, 0.25) is 0 Å². The molecular weight excluding hydrogens is 234 g/mol. The summed E-state index contributed by atoms with van der Waals surface area (Å²) in [6.45, 7) is 1.13. The van der Waals surface area contributed by atoms with Crippen molar-refractivity contribution in [2.24, 2.45) is 0 Å². The van der Waals surface area contributed by atoms with E-state index < -0.39 is 0 Å². The van der Waals surface area contributed by atoms with Gasteiger partial charge in [0.25, 0.3) is 5.91 Å². The predicted octanol–water partition coefficient (Wildman–Crippen LogP) is 2.11. The molecule has 1 N–H and O–H groups in total. The maximum absolute atomic E-state index is 12.2. The number of carbonyl (C=O) groups excluding carboxylic acids is 1. The maximum Gasteiger partial charge on any atom is 0.264 e. The lowest BCUT2D eigenvalue weighted by Crippen LogP contribution is -2.28. The Morgan fingerprint density at radius 2 is 2.24 bits per heavy atom. The summed E-state index contributed by atoms with van der Waals surface area (Å²) < 4.78 is 1.13. The second kappa shape index (κ2) is 4.13. The first-order chi connectivity index (χ1) is 8.24. The average Bonchev–Trinajstić information content (AvgIpc) is 2.93. The molecule has 17 heavy (non-hydrogen) atoms. The number of nitrogens with zero attached hydrogens (tertiary/aromatic N) is 1. The van der Waals surface area contributed by atoms with E-state index in [9.17, 15) is 9.90 Å². The van der Waals surface area contributed by atoms with Gasteiger partial charge in [-0.2, -0.15) is 0 Å². The second-order valence-electron chi connectivity index (χ2n) is 4.34. The lowest BCUT2D eigenvalue weighted by molar-refractivity contribution is 0.0770. The van der Waals surface area contributed by atoms with Crippen LogP contribution < -0.4 is 0 Å². The highest BCUT2D eigenvalue weighted by molar-refractivity contribution is 7.20. The number of carbonyl (C=O) groups is 1. The van der Waals surface area contributed by atoms with Crippen molar-refractivity contribution in [3.05, 3.63) is 35.2 Å². The third-order valence-electron chi connectivity index (χ3n) is 3.09. The van der Waals surface area contributed by atoms with E-state index in [1.165, 1.54) is 11.3 Å². The zero-order chi connectivity index (χ0) is 11.8. The van der Waals surface area contributed by atoms with E-state index in [4.69, 9.17) is 0 Å². The number of β-amino-alcohol motifs (C(OH)–C–C–N with tert-alkyl or cyclic N) is 1. The van der Waals surface area contributed by atoms with Crippen LogP contribution in [-0.4, -0.2) is 35.1 Å². The molecule has 1 saturated heterocycles. The molecule has 1 aromatic carbocycles. The van der Waals surface area contributed by atoms with Crippen LogP contribution >= 0.6 is 11.3 Å². The largest absolute Gasteiger partial charge is 0.391 e. The van der Waals surface area contributed by atoms with Gasteiger partial charge in [-0.05, 0) is 23.9 Å². The summed E-state index contributed by atoms with van der Waals surface area (Å²) in [5, 5.41) is 10.6. The highest BCUT2D eigenvalue weighted by atomic mass is 32.1. The topological polar surface area (TPSA) is 40.5 Å². The number of aliphatic hydroxyl groups is 1. The fourth-order valence-corrected chi connectivity index (χ4v) is 3.20. The van der Waals surface area contributed by atoms with Crippen molar-refractivity contribution < 1.29 is 9.90 Å². The van der Waals surface area contributed by atoms with Crippen molar-refractivity contribution in [2.75, 3.05) is 13.1 Å². The fraction of sp³-hybridized carbons (Fsp3) is 0.308. The van der Waals surface area contributed by atoms with Crippen molar-refractivity contribution in [1.29, 1.82) is 0 Å². The summed E-state index contributed by atoms with van der Waals surface area (Å²) >= 11 is 1.52. The van der Waals surface area contributed by atoms with Gasteiger partial charge in [-0.15, -0.1) is 11.3 Å². The Labute approximate surface area is 103 Å². The summed E-state index contributed by atoms with van der Waals surface area (Å²) in [7, 11) is 0. The Morgan fingerprint density at radius 3 is 2.94 bits per heavy atom. The average molecular weight is 247 g/mol. The van der Waals surface area contributed by atoms with Crippen LogP contribution in [-0.2, 0) is 0 Å². The zero-order valence-electron chi connectivity index (χ0n) is 9.30. The molecule has 1 amide bonds. The van der Waals surface area contributed by atoms with Crippen molar-refractivity contribution in [3.8, 4) is 0 Å². The Hall–Kier alpha value is -1.39. The molecule has 1 fully saturated rings. The Morgan fingerprint density at radius 1 is 1.41 bits per heavy atom. The molecule has 1 atom stereocenters. The number of rotatable bonds is 1. The van der Waals surface area contributed by atoms with Crippen LogP contribution in [0.1, 0.15) is 16.1 Å². The molecule has 1 aliphatic rings. The summed E-state index contributed by atoms with van der Waals surface area (Å²) in [6, 6.07) is 9.93. The normalized spacial score (nSPS) is 20.1. The molecule has 0 spiro atoms. The molecule has 0 saturated carbocycles. The third-order valence-corrected chi connectivity index (χ3v) is 4.19. The predicted molar refractivity (Wildman–Crippen MR) is 68.4 cm³/mol. The van der Waals surface area contributed by atoms with E-state index in [1.54, 1.807) is 4.90 Å². The molecule has 4 heteroatoms. The van der Waals surface area contributed by atoms with Crippen LogP contribution in [0.5, 0.6) is 0 Å². The van der Waals surface area contributed by atoms with E-state index in [-0.39, 0.29) is 12.0 Å². The minimum atomic E-state index is -0.353. The third kappa shape index (κ3) is 1.94. The number of amides is 1. The molecule has 1 aromatic heterocycles. The van der Waals surface area contributed by atoms with Gasteiger partial charge in [0, 0.05) is 17.8 Å². The first kappa shape index (κ1) is 10.7. The summed E-state index contributed by atoms with van der Waals surface area (Å²) in [6.07, 6.45) is 0.338. The summed E-state index contributed by atoms with van der Waals surface area (Å²) in [4.78, 5) is 14.7. The molecule has 0 unspecified atom stereocenters. The van der Waals surface area contributed by atoms with Gasteiger partial charge in [-0.1, -0.05) is 18.2 Å². The standard InChI is InChI=1S/C13H13NO2S/c15-10-5-6-14(8-10)13(16)12-7-9-3-1-2-4-11(9)17-12/h1-4,7,10,15H,5-6,8H2/t10-/m0/s1. The van der Waals surface area contributed by atoms with E-state index in [0.717, 1.165) is 15.0 Å². The molecule has 1 aliphatic heterocycles. The van der Waals surface area contributed by atoms with Gasteiger partial charge >= 0.3 is 0 Å². The molecule has 0 radical (unpaired) electrons. The van der Waals surface area contributed by atoms with Crippen LogP contribution in [0.4, 0.5) is 0 Å². The molecule has 88 valence electrons. The van der Waals surface area contributed by atoms with E-state index in [1.807, 2.05) is 30.3 Å². The lowest BCUT2D eigenvalue weighted by Gasteiger charge is -2.13. The van der Waals surface area contributed by atoms with Gasteiger partial charge < -0.3 is 10.0 Å². The number of benzene rings is 1. The van der Waals surface area contributed by atoms with Crippen LogP contribution in [0.3, 0.4) is 0 Å². The molecule has 3 nitrogen and oxygen atoms in total. The molecule has 2 heterocycles. The van der Waals surface area contributed by atoms with Crippen LogP contribution in [0.15, 0.2) is 30.3 Å². The van der Waals surface area contributed by atoms with E-state index in [0.29, 0.717) is 19.5 Å². The van der Waals surface area contributed by atoms with Crippen molar-refractivity contribution >= 4 is 27.3 Å². The highest BCUT2D eigenvalue weighted by Gasteiger charge is 2.26. The SMILES string of the molecule is O=C(c1cc2ccccc2s1)N1CC[C@H](O)C1. The Balaban J connectivity index is 1.90. The maximum atomic E-state index is 12.2. The Bertz CT molecular complexity index is 530. The second-order valence-corrected chi connectivity index (χ2v) is 5.43. The van der Waals surface area contributed by atoms with Crippen molar-refractivity contribution in [2.45, 2.75) is 12.5 Å². The van der Waals surface area contributed by atoms with Gasteiger partial charge in [-0.3, -0.25) is 4.79 Å². The molecule has 0 bridgehead atoms. The minimum absolute atomic E-state index is 0.0442. The number of aliphatic hydroxyl groups excluding tert-OH is 1. The lowest BCUT2D eigenvalue weighted by atomic mass is 10.2. The van der Waals surface area contributed by atoms with E-state index >= 15 is 0 Å². The summed E-state index contributed by atoms with van der Waals surface area (Å²) in [5.74, 6) is 0.0442. The first-order valence-electron chi connectivity index (χ1n) is 5.70. The smallest absolute Gasteiger partial charge is 0.264 e. The molecule has 0 aliphatic carbocycles. The number of thiophene rings is 1. The molecule has 2 aromatic rings. The van der Waals surface area contributed by atoms with Crippen LogP contribution in [0, 0.1) is 0 Å². The first-order valence-corrected chi connectivity index (χ1v) is 6.51. The molecule has 3 rings (SSSR count). The van der Waals surface area contributed by atoms with Crippen molar-refractivity contribution in [3.63, 3.8) is 0 Å². The number of hydrogen-bond acceptors (Lipinski definition) is 3. The van der Waals surface area contributed by atoms with Crippen LogP contribution in [0.25, 0.3) is 10.1 Å². The van der Waals surface area contributed by atoms with E-state index in [2.05, 4.69) is 0 Å². The number of fused-ring (bicyclic) bond motifs is 1. The Kier molecular flexibility index (Phi) is 2.61. The van der Waals surface area contributed by atoms with Gasteiger partial charge in [-0.25, -0.2) is 0 Å². The number of likely N-dealkylation sites (tertiary alicyclic amines) is 1. The number of hydrogen-bond donors (Lipinski definition) is 1. The van der Waals surface area contributed by atoms with Gasteiger partial charge in [0.05, 0.1) is 11.0 Å². The van der Waals surface area contributed by atoms with Gasteiger partial charge in [0.1, 0.15) is 0 Å². The molecular formula is C13H13NO2S. The monoisotopic (exact) mass is 247 g/mol. The zero-order valence-corrected chi connectivity index (χ0v) is 10.1. The van der Waals surface area contributed by atoms with Gasteiger partial charge in [0.15, 0.2) is 0 Å².